The van der Waals surface area contributed by atoms with Crippen LogP contribution in [0.15, 0.2) is 42.7 Å². The maximum absolute atomic E-state index is 14.0. The molecule has 0 aliphatic rings. The Bertz CT molecular complexity index is 533. The Morgan fingerprint density at radius 1 is 1.32 bits per heavy atom. The monoisotopic (exact) mass is 261 g/mol. The highest BCUT2D eigenvalue weighted by molar-refractivity contribution is 5.38. The third-order valence-electron chi connectivity index (χ3n) is 2.97. The summed E-state index contributed by atoms with van der Waals surface area (Å²) in [6.07, 6.45) is 3.94. The molecule has 0 saturated heterocycles. The fourth-order valence-corrected chi connectivity index (χ4v) is 2.03. The molecule has 2 aromatic rings. The topological polar surface area (TPSA) is 60.2 Å². The van der Waals surface area contributed by atoms with Crippen LogP contribution >= 0.6 is 0 Å². The number of nitrogens with zero attached hydrogens (tertiary/aromatic N) is 1. The number of benzene rings is 1. The van der Waals surface area contributed by atoms with Gasteiger partial charge >= 0.3 is 0 Å². The maximum Gasteiger partial charge on any atom is 0.131 e. The van der Waals surface area contributed by atoms with Crippen molar-refractivity contribution in [1.29, 1.82) is 0 Å². The lowest BCUT2D eigenvalue weighted by Gasteiger charge is -2.19. The summed E-state index contributed by atoms with van der Waals surface area (Å²) >= 11 is 0. The Labute approximate surface area is 111 Å². The van der Waals surface area contributed by atoms with Gasteiger partial charge in [0.1, 0.15) is 11.6 Å². The van der Waals surface area contributed by atoms with Gasteiger partial charge in [0, 0.05) is 18.0 Å². The molecular weight excluding hydrogens is 245 g/mol. The van der Waals surface area contributed by atoms with Crippen molar-refractivity contribution in [2.75, 3.05) is 7.11 Å². The Morgan fingerprint density at radius 2 is 2.05 bits per heavy atom. The molecule has 1 aromatic heterocycles. The van der Waals surface area contributed by atoms with E-state index in [9.17, 15) is 4.39 Å². The van der Waals surface area contributed by atoms with Crippen LogP contribution in [0, 0.1) is 5.82 Å². The van der Waals surface area contributed by atoms with Gasteiger partial charge in [-0.3, -0.25) is 16.3 Å². The smallest absolute Gasteiger partial charge is 0.131 e. The van der Waals surface area contributed by atoms with Crippen molar-refractivity contribution in [1.82, 2.24) is 10.4 Å². The van der Waals surface area contributed by atoms with Crippen LogP contribution in [0.25, 0.3) is 0 Å². The first kappa shape index (κ1) is 13.5. The van der Waals surface area contributed by atoms with Crippen LogP contribution in [0.5, 0.6) is 5.75 Å². The number of hydrogen-bond acceptors (Lipinski definition) is 4. The molecule has 0 fully saturated rings. The van der Waals surface area contributed by atoms with Crippen LogP contribution in [0.4, 0.5) is 4.39 Å². The van der Waals surface area contributed by atoms with E-state index in [0.29, 0.717) is 17.7 Å². The highest BCUT2D eigenvalue weighted by atomic mass is 19.1. The molecule has 1 unspecified atom stereocenters. The SMILES string of the molecule is COc1cccc(F)c1C(Cc1ccncc1)NN. The van der Waals surface area contributed by atoms with Gasteiger partial charge in [-0.15, -0.1) is 0 Å². The van der Waals surface area contributed by atoms with Crippen molar-refractivity contribution in [2.24, 2.45) is 5.84 Å². The number of pyridine rings is 1. The molecular formula is C14H16FN3O. The first-order valence-electron chi connectivity index (χ1n) is 5.93. The second-order valence-corrected chi connectivity index (χ2v) is 4.13. The average molecular weight is 261 g/mol. The maximum atomic E-state index is 14.0. The van der Waals surface area contributed by atoms with Crippen molar-refractivity contribution in [2.45, 2.75) is 12.5 Å². The highest BCUT2D eigenvalue weighted by Crippen LogP contribution is 2.29. The second-order valence-electron chi connectivity index (χ2n) is 4.13. The molecule has 0 spiro atoms. The number of rotatable bonds is 5. The van der Waals surface area contributed by atoms with Crippen molar-refractivity contribution < 1.29 is 9.13 Å². The van der Waals surface area contributed by atoms with Gasteiger partial charge in [-0.05, 0) is 36.2 Å². The number of ether oxygens (including phenoxy) is 1. The summed E-state index contributed by atoms with van der Waals surface area (Å²) in [7, 11) is 1.51. The number of aromatic nitrogens is 1. The lowest BCUT2D eigenvalue weighted by molar-refractivity contribution is 0.390. The van der Waals surface area contributed by atoms with Crippen molar-refractivity contribution in [3.05, 3.63) is 59.7 Å². The summed E-state index contributed by atoms with van der Waals surface area (Å²) in [4.78, 5) is 3.95. The molecule has 4 nitrogen and oxygen atoms in total. The molecule has 0 aliphatic heterocycles. The number of hydrogen-bond donors (Lipinski definition) is 2. The third kappa shape index (κ3) is 3.07. The lowest BCUT2D eigenvalue weighted by atomic mass is 9.98. The minimum atomic E-state index is -0.362. The number of nitrogens with one attached hydrogen (secondary N) is 1. The summed E-state index contributed by atoms with van der Waals surface area (Å²) < 4.78 is 19.2. The number of halogens is 1. The van der Waals surface area contributed by atoms with Crippen LogP contribution in [0.3, 0.4) is 0 Å². The third-order valence-corrected chi connectivity index (χ3v) is 2.97. The van der Waals surface area contributed by atoms with Gasteiger partial charge in [-0.25, -0.2) is 4.39 Å². The molecule has 3 N–H and O–H groups in total. The standard InChI is InChI=1S/C14H16FN3O/c1-19-13-4-2-3-11(15)14(13)12(18-16)9-10-5-7-17-8-6-10/h2-8,12,18H,9,16H2,1H3. The first-order chi connectivity index (χ1) is 9.26. The zero-order valence-corrected chi connectivity index (χ0v) is 10.6. The Morgan fingerprint density at radius 3 is 2.68 bits per heavy atom. The summed E-state index contributed by atoms with van der Waals surface area (Å²) in [5.74, 6) is 5.70. The molecule has 0 bridgehead atoms. The molecule has 0 radical (unpaired) electrons. The van der Waals surface area contributed by atoms with Crippen LogP contribution < -0.4 is 16.0 Å². The van der Waals surface area contributed by atoms with Gasteiger partial charge in [0.15, 0.2) is 0 Å². The van der Waals surface area contributed by atoms with E-state index in [1.807, 2.05) is 12.1 Å². The van der Waals surface area contributed by atoms with Gasteiger partial charge in [0.2, 0.25) is 0 Å². The van der Waals surface area contributed by atoms with Crippen LogP contribution in [-0.4, -0.2) is 12.1 Å². The van der Waals surface area contributed by atoms with Crippen molar-refractivity contribution in [3.8, 4) is 5.75 Å². The quantitative estimate of drug-likeness (QED) is 0.638. The second kappa shape index (κ2) is 6.26. The summed E-state index contributed by atoms with van der Waals surface area (Å²) in [6, 6.07) is 8.11. The van der Waals surface area contributed by atoms with E-state index in [4.69, 9.17) is 10.6 Å². The minimum absolute atomic E-state index is 0.337. The Hall–Kier alpha value is -1.98. The molecule has 19 heavy (non-hydrogen) atoms. The minimum Gasteiger partial charge on any atom is -0.496 e. The molecule has 0 amide bonds. The fraction of sp³-hybridized carbons (Fsp3) is 0.214. The zero-order chi connectivity index (χ0) is 13.7. The largest absolute Gasteiger partial charge is 0.496 e. The first-order valence-corrected chi connectivity index (χ1v) is 5.93. The summed E-state index contributed by atoms with van der Waals surface area (Å²) in [5, 5.41) is 0. The Balaban J connectivity index is 2.32. The number of methoxy groups -OCH3 is 1. The van der Waals surface area contributed by atoms with E-state index in [1.54, 1.807) is 24.5 Å². The molecule has 5 heteroatoms. The summed E-state index contributed by atoms with van der Waals surface area (Å²) in [6.45, 7) is 0. The molecule has 100 valence electrons. The molecule has 0 saturated carbocycles. The molecule has 0 aliphatic carbocycles. The predicted molar refractivity (Wildman–Crippen MR) is 71.0 cm³/mol. The van der Waals surface area contributed by atoms with Gasteiger partial charge in [-0.2, -0.15) is 0 Å². The van der Waals surface area contributed by atoms with Crippen molar-refractivity contribution in [3.63, 3.8) is 0 Å². The molecule has 1 aromatic carbocycles. The van der Waals surface area contributed by atoms with E-state index in [2.05, 4.69) is 10.4 Å². The van der Waals surface area contributed by atoms with Crippen LogP contribution in [0.1, 0.15) is 17.2 Å². The van der Waals surface area contributed by atoms with Crippen LogP contribution in [-0.2, 0) is 6.42 Å². The van der Waals surface area contributed by atoms with Crippen LogP contribution in [0.2, 0.25) is 0 Å². The molecule has 2 rings (SSSR count). The van der Waals surface area contributed by atoms with E-state index >= 15 is 0 Å². The normalized spacial score (nSPS) is 12.2. The van der Waals surface area contributed by atoms with E-state index in [1.165, 1.54) is 13.2 Å². The van der Waals surface area contributed by atoms with Gasteiger partial charge in [0.05, 0.1) is 13.2 Å². The molecule has 1 atom stereocenters. The summed E-state index contributed by atoms with van der Waals surface area (Å²) in [5.41, 5.74) is 4.09. The Kier molecular flexibility index (Phi) is 4.43. The number of hydrazine groups is 1. The van der Waals surface area contributed by atoms with E-state index < -0.39 is 0 Å². The van der Waals surface area contributed by atoms with Gasteiger partial charge in [-0.1, -0.05) is 6.07 Å². The van der Waals surface area contributed by atoms with Gasteiger partial charge in [0.25, 0.3) is 0 Å². The highest BCUT2D eigenvalue weighted by Gasteiger charge is 2.19. The molecule has 1 heterocycles. The lowest BCUT2D eigenvalue weighted by Crippen LogP contribution is -2.30. The van der Waals surface area contributed by atoms with E-state index in [-0.39, 0.29) is 11.9 Å². The zero-order valence-electron chi connectivity index (χ0n) is 10.6. The fourth-order valence-electron chi connectivity index (χ4n) is 2.03. The van der Waals surface area contributed by atoms with Crippen molar-refractivity contribution >= 4 is 0 Å². The number of nitrogens with two attached hydrogens (primary N) is 1. The average Bonchev–Trinajstić information content (AvgIpc) is 2.46. The predicted octanol–water partition coefficient (Wildman–Crippen LogP) is 1.98. The van der Waals surface area contributed by atoms with Gasteiger partial charge < -0.3 is 4.74 Å². The van der Waals surface area contributed by atoms with E-state index in [0.717, 1.165) is 5.56 Å².